The fourth-order valence-corrected chi connectivity index (χ4v) is 1.23. The Balaban J connectivity index is 2.95. The second-order valence-electron chi connectivity index (χ2n) is 3.21. The normalized spacial score (nSPS) is 11.7. The van der Waals surface area contributed by atoms with Crippen LogP contribution in [-0.2, 0) is 21.9 Å². The van der Waals surface area contributed by atoms with Gasteiger partial charge in [0.25, 0.3) is 0 Å². The Morgan fingerprint density at radius 1 is 1.14 bits per heavy atom. The van der Waals surface area contributed by atoms with Crippen molar-refractivity contribution in [3.05, 3.63) is 35.4 Å². The minimum atomic E-state index is -0.714. The largest absolute Gasteiger partial charge is 0.392 e. The van der Waals surface area contributed by atoms with E-state index in [-0.39, 0.29) is 6.61 Å². The van der Waals surface area contributed by atoms with Crippen molar-refractivity contribution in [3.63, 3.8) is 0 Å². The molecular formula is C11H16O3. The summed E-state index contributed by atoms with van der Waals surface area (Å²) in [6.45, 7) is 1.90. The monoisotopic (exact) mass is 196 g/mol. The standard InChI is InChI=1S/C11H16O3/c1-11(13-2,14-3)10-6-4-9(8-12)5-7-10/h4-7,12H,8H2,1-3H3. The van der Waals surface area contributed by atoms with Crippen LogP contribution in [0.2, 0.25) is 0 Å². The first kappa shape index (κ1) is 11.2. The Kier molecular flexibility index (Phi) is 3.63. The van der Waals surface area contributed by atoms with E-state index in [1.165, 1.54) is 0 Å². The van der Waals surface area contributed by atoms with Crippen LogP contribution in [0.3, 0.4) is 0 Å². The van der Waals surface area contributed by atoms with Crippen LogP contribution in [0.1, 0.15) is 18.1 Å². The highest BCUT2D eigenvalue weighted by atomic mass is 16.7. The summed E-state index contributed by atoms with van der Waals surface area (Å²) < 4.78 is 10.5. The lowest BCUT2D eigenvalue weighted by Crippen LogP contribution is -2.26. The van der Waals surface area contributed by atoms with Gasteiger partial charge in [-0.25, -0.2) is 0 Å². The Labute approximate surface area is 84.3 Å². The van der Waals surface area contributed by atoms with Crippen LogP contribution in [-0.4, -0.2) is 19.3 Å². The molecule has 0 heterocycles. The first-order valence-electron chi connectivity index (χ1n) is 4.47. The van der Waals surface area contributed by atoms with Crippen LogP contribution in [0.25, 0.3) is 0 Å². The third-order valence-electron chi connectivity index (χ3n) is 2.44. The summed E-state index contributed by atoms with van der Waals surface area (Å²) in [7, 11) is 3.20. The van der Waals surface area contributed by atoms with Gasteiger partial charge in [0.1, 0.15) is 0 Å². The molecule has 0 aliphatic heterocycles. The lowest BCUT2D eigenvalue weighted by atomic mass is 10.1. The maximum absolute atomic E-state index is 8.88. The molecule has 0 spiro atoms. The van der Waals surface area contributed by atoms with E-state index >= 15 is 0 Å². The molecule has 0 bridgehead atoms. The topological polar surface area (TPSA) is 38.7 Å². The first-order valence-corrected chi connectivity index (χ1v) is 4.47. The SMILES string of the molecule is COC(C)(OC)c1ccc(CO)cc1. The fraction of sp³-hybridized carbons (Fsp3) is 0.455. The van der Waals surface area contributed by atoms with Gasteiger partial charge in [-0.1, -0.05) is 24.3 Å². The molecule has 3 heteroatoms. The predicted octanol–water partition coefficient (Wildman–Crippen LogP) is 1.64. The van der Waals surface area contributed by atoms with Gasteiger partial charge in [-0.15, -0.1) is 0 Å². The van der Waals surface area contributed by atoms with E-state index in [1.807, 2.05) is 31.2 Å². The minimum absolute atomic E-state index is 0.0525. The van der Waals surface area contributed by atoms with E-state index < -0.39 is 5.79 Å². The van der Waals surface area contributed by atoms with E-state index in [9.17, 15) is 0 Å². The van der Waals surface area contributed by atoms with Gasteiger partial charge in [-0.3, -0.25) is 0 Å². The van der Waals surface area contributed by atoms with E-state index in [1.54, 1.807) is 14.2 Å². The second-order valence-corrected chi connectivity index (χ2v) is 3.21. The summed E-state index contributed by atoms with van der Waals surface area (Å²) >= 11 is 0. The van der Waals surface area contributed by atoms with Gasteiger partial charge in [0.05, 0.1) is 6.61 Å². The predicted molar refractivity (Wildman–Crippen MR) is 53.7 cm³/mol. The molecule has 0 aliphatic rings. The molecule has 0 fully saturated rings. The number of benzene rings is 1. The molecule has 1 rings (SSSR count). The van der Waals surface area contributed by atoms with Crippen molar-refractivity contribution in [1.29, 1.82) is 0 Å². The summed E-state index contributed by atoms with van der Waals surface area (Å²) in [5.74, 6) is -0.714. The molecule has 1 N–H and O–H groups in total. The molecule has 0 unspecified atom stereocenters. The van der Waals surface area contributed by atoms with E-state index in [2.05, 4.69) is 0 Å². The van der Waals surface area contributed by atoms with Gasteiger partial charge < -0.3 is 14.6 Å². The lowest BCUT2D eigenvalue weighted by Gasteiger charge is -2.26. The zero-order valence-corrected chi connectivity index (χ0v) is 8.78. The highest BCUT2D eigenvalue weighted by Crippen LogP contribution is 2.25. The maximum atomic E-state index is 8.88. The lowest BCUT2D eigenvalue weighted by molar-refractivity contribution is -0.201. The smallest absolute Gasteiger partial charge is 0.191 e. The van der Waals surface area contributed by atoms with Crippen LogP contribution < -0.4 is 0 Å². The third-order valence-corrected chi connectivity index (χ3v) is 2.44. The van der Waals surface area contributed by atoms with Crippen molar-refractivity contribution < 1.29 is 14.6 Å². The number of aliphatic hydroxyl groups is 1. The van der Waals surface area contributed by atoms with Crippen LogP contribution in [0.4, 0.5) is 0 Å². The fourth-order valence-electron chi connectivity index (χ4n) is 1.23. The van der Waals surface area contributed by atoms with Crippen LogP contribution in [0, 0.1) is 0 Å². The van der Waals surface area contributed by atoms with E-state index in [0.29, 0.717) is 0 Å². The zero-order chi connectivity index (χ0) is 10.6. The Morgan fingerprint density at radius 2 is 1.64 bits per heavy atom. The minimum Gasteiger partial charge on any atom is -0.392 e. The van der Waals surface area contributed by atoms with Gasteiger partial charge in [0.15, 0.2) is 5.79 Å². The van der Waals surface area contributed by atoms with Crippen LogP contribution >= 0.6 is 0 Å². The molecule has 3 nitrogen and oxygen atoms in total. The zero-order valence-electron chi connectivity index (χ0n) is 8.78. The molecule has 0 radical (unpaired) electrons. The van der Waals surface area contributed by atoms with Gasteiger partial charge in [0, 0.05) is 19.8 Å². The summed E-state index contributed by atoms with van der Waals surface area (Å²) in [5, 5.41) is 8.88. The average molecular weight is 196 g/mol. The van der Waals surface area contributed by atoms with Crippen molar-refractivity contribution in [2.75, 3.05) is 14.2 Å². The van der Waals surface area contributed by atoms with Crippen molar-refractivity contribution >= 4 is 0 Å². The van der Waals surface area contributed by atoms with Crippen molar-refractivity contribution in [1.82, 2.24) is 0 Å². The molecular weight excluding hydrogens is 180 g/mol. The number of ether oxygens (including phenoxy) is 2. The molecule has 0 atom stereocenters. The summed E-state index contributed by atoms with van der Waals surface area (Å²) in [6, 6.07) is 7.48. The van der Waals surface area contributed by atoms with E-state index in [0.717, 1.165) is 11.1 Å². The Bertz CT molecular complexity index is 275. The van der Waals surface area contributed by atoms with E-state index in [4.69, 9.17) is 14.6 Å². The molecule has 0 saturated carbocycles. The van der Waals surface area contributed by atoms with Gasteiger partial charge >= 0.3 is 0 Å². The maximum Gasteiger partial charge on any atom is 0.191 e. The summed E-state index contributed by atoms with van der Waals surface area (Å²) in [4.78, 5) is 0. The van der Waals surface area contributed by atoms with Crippen molar-refractivity contribution in [2.24, 2.45) is 0 Å². The molecule has 0 saturated heterocycles. The highest BCUT2D eigenvalue weighted by Gasteiger charge is 2.24. The third kappa shape index (κ3) is 2.12. The number of rotatable bonds is 4. The summed E-state index contributed by atoms with van der Waals surface area (Å²) in [5.41, 5.74) is 1.81. The summed E-state index contributed by atoms with van der Waals surface area (Å²) in [6.07, 6.45) is 0. The van der Waals surface area contributed by atoms with Crippen LogP contribution in [0.15, 0.2) is 24.3 Å². The highest BCUT2D eigenvalue weighted by molar-refractivity contribution is 5.25. The van der Waals surface area contributed by atoms with Crippen LogP contribution in [0.5, 0.6) is 0 Å². The molecule has 14 heavy (non-hydrogen) atoms. The quantitative estimate of drug-likeness (QED) is 0.744. The number of hydrogen-bond donors (Lipinski definition) is 1. The molecule has 1 aromatic carbocycles. The molecule has 0 aromatic heterocycles. The van der Waals surface area contributed by atoms with Crippen molar-refractivity contribution in [3.8, 4) is 0 Å². The first-order chi connectivity index (χ1) is 6.66. The van der Waals surface area contributed by atoms with Crippen molar-refractivity contribution in [2.45, 2.75) is 19.3 Å². The second kappa shape index (κ2) is 4.55. The number of hydrogen-bond acceptors (Lipinski definition) is 3. The Hall–Kier alpha value is -0.900. The number of methoxy groups -OCH3 is 2. The average Bonchev–Trinajstić information content (AvgIpc) is 2.28. The molecule has 78 valence electrons. The van der Waals surface area contributed by atoms with Gasteiger partial charge in [-0.05, 0) is 12.5 Å². The Morgan fingerprint density at radius 3 is 2.00 bits per heavy atom. The molecule has 0 aliphatic carbocycles. The molecule has 0 amide bonds. The number of aliphatic hydroxyl groups excluding tert-OH is 1. The van der Waals surface area contributed by atoms with Gasteiger partial charge in [0.2, 0.25) is 0 Å². The molecule has 1 aromatic rings. The van der Waals surface area contributed by atoms with Gasteiger partial charge in [-0.2, -0.15) is 0 Å².